The largest absolute Gasteiger partial charge is 0.283 e. The quantitative estimate of drug-likeness (QED) is 0.712. The van der Waals surface area contributed by atoms with E-state index in [1.165, 1.54) is 0 Å². The van der Waals surface area contributed by atoms with Gasteiger partial charge in [0, 0.05) is 5.69 Å². The molecular formula is C11H9N2O. The highest BCUT2D eigenvalue weighted by Crippen LogP contribution is 2.10. The summed E-state index contributed by atoms with van der Waals surface area (Å²) in [5, 5.41) is 4.09. The van der Waals surface area contributed by atoms with Crippen molar-refractivity contribution in [1.82, 2.24) is 9.78 Å². The van der Waals surface area contributed by atoms with Crippen molar-refractivity contribution >= 4 is 6.29 Å². The van der Waals surface area contributed by atoms with Gasteiger partial charge in [-0.05, 0) is 25.1 Å². The minimum absolute atomic E-state index is 0.339. The summed E-state index contributed by atoms with van der Waals surface area (Å²) in [6, 6.07) is 11.4. The third-order valence-electron chi connectivity index (χ3n) is 1.99. The normalized spacial score (nSPS) is 10.1. The van der Waals surface area contributed by atoms with Crippen molar-refractivity contribution in [2.75, 3.05) is 0 Å². The lowest BCUT2D eigenvalue weighted by Gasteiger charge is -2.02. The fourth-order valence-electron chi connectivity index (χ4n) is 1.35. The van der Waals surface area contributed by atoms with Crippen LogP contribution in [0.4, 0.5) is 0 Å². The van der Waals surface area contributed by atoms with E-state index in [1.807, 2.05) is 37.3 Å². The molecule has 0 saturated heterocycles. The highest BCUT2D eigenvalue weighted by Gasteiger charge is 2.04. The molecule has 0 fully saturated rings. The lowest BCUT2D eigenvalue weighted by atomic mass is 10.3. The van der Waals surface area contributed by atoms with Crippen LogP contribution in [0.2, 0.25) is 0 Å². The van der Waals surface area contributed by atoms with E-state index in [4.69, 9.17) is 0 Å². The third-order valence-corrected chi connectivity index (χ3v) is 1.99. The Balaban J connectivity index is 2.51. The molecule has 3 nitrogen and oxygen atoms in total. The maximum absolute atomic E-state index is 10.4. The second-order valence-electron chi connectivity index (χ2n) is 3.02. The molecular weight excluding hydrogens is 176 g/mol. The van der Waals surface area contributed by atoms with Crippen LogP contribution in [-0.4, -0.2) is 16.1 Å². The number of rotatable bonds is 2. The first-order valence-electron chi connectivity index (χ1n) is 4.31. The monoisotopic (exact) mass is 185 g/mol. The zero-order valence-electron chi connectivity index (χ0n) is 7.77. The van der Waals surface area contributed by atoms with Crippen LogP contribution in [0, 0.1) is 6.92 Å². The number of aromatic nitrogens is 2. The van der Waals surface area contributed by atoms with Gasteiger partial charge in [-0.2, -0.15) is 5.10 Å². The molecule has 1 heterocycles. The first-order chi connectivity index (χ1) is 6.81. The van der Waals surface area contributed by atoms with Crippen molar-refractivity contribution < 1.29 is 4.79 Å². The molecule has 14 heavy (non-hydrogen) atoms. The van der Waals surface area contributed by atoms with Gasteiger partial charge in [-0.3, -0.25) is 4.79 Å². The molecule has 69 valence electrons. The van der Waals surface area contributed by atoms with Crippen LogP contribution >= 0.6 is 0 Å². The average Bonchev–Trinajstić information content (AvgIpc) is 2.61. The van der Waals surface area contributed by atoms with Gasteiger partial charge in [0.25, 0.3) is 6.29 Å². The number of hydrogen-bond donors (Lipinski definition) is 0. The van der Waals surface area contributed by atoms with Crippen molar-refractivity contribution in [3.8, 4) is 5.69 Å². The number of aryl methyl sites for hydroxylation is 1. The fourth-order valence-corrected chi connectivity index (χ4v) is 1.35. The maximum atomic E-state index is 10.4. The molecule has 0 unspecified atom stereocenters. The van der Waals surface area contributed by atoms with Crippen LogP contribution < -0.4 is 0 Å². The molecule has 0 spiro atoms. The summed E-state index contributed by atoms with van der Waals surface area (Å²) in [5.41, 5.74) is 2.22. The SMILES string of the molecule is Cc1cc([C]=O)nn1-c1ccccc1. The summed E-state index contributed by atoms with van der Waals surface area (Å²) < 4.78 is 1.72. The van der Waals surface area contributed by atoms with Gasteiger partial charge in [0.05, 0.1) is 5.69 Å². The molecule has 3 heteroatoms. The van der Waals surface area contributed by atoms with E-state index in [9.17, 15) is 4.79 Å². The number of nitrogens with zero attached hydrogens (tertiary/aromatic N) is 2. The highest BCUT2D eigenvalue weighted by molar-refractivity contribution is 5.72. The van der Waals surface area contributed by atoms with Gasteiger partial charge in [-0.25, -0.2) is 4.68 Å². The van der Waals surface area contributed by atoms with Gasteiger partial charge in [0.15, 0.2) is 0 Å². The summed E-state index contributed by atoms with van der Waals surface area (Å²) in [6.07, 6.45) is 1.78. The van der Waals surface area contributed by atoms with Gasteiger partial charge in [-0.15, -0.1) is 0 Å². The standard InChI is InChI=1S/C11H9N2O/c1-9-7-10(8-14)12-13(9)11-5-3-2-4-6-11/h2-7H,1H3. The number of carbonyl (C=O) groups excluding carboxylic acids is 1. The molecule has 0 aliphatic rings. The van der Waals surface area contributed by atoms with E-state index in [2.05, 4.69) is 5.10 Å². The van der Waals surface area contributed by atoms with Crippen LogP contribution in [0.25, 0.3) is 5.69 Å². The smallest absolute Gasteiger partial charge is 0.255 e. The molecule has 2 aromatic rings. The van der Waals surface area contributed by atoms with Gasteiger partial charge >= 0.3 is 0 Å². The molecule has 0 saturated carbocycles. The number of benzene rings is 1. The summed E-state index contributed by atoms with van der Waals surface area (Å²) >= 11 is 0. The van der Waals surface area contributed by atoms with E-state index < -0.39 is 0 Å². The van der Waals surface area contributed by atoms with Crippen LogP contribution in [-0.2, 0) is 4.79 Å². The Bertz CT molecular complexity index is 446. The van der Waals surface area contributed by atoms with Crippen molar-refractivity contribution in [3.63, 3.8) is 0 Å². The Kier molecular flexibility index (Phi) is 2.14. The first kappa shape index (κ1) is 8.69. The zero-order chi connectivity index (χ0) is 9.97. The van der Waals surface area contributed by atoms with E-state index in [-0.39, 0.29) is 0 Å². The van der Waals surface area contributed by atoms with E-state index >= 15 is 0 Å². The lowest BCUT2D eigenvalue weighted by molar-refractivity contribution is 0.561. The summed E-state index contributed by atoms with van der Waals surface area (Å²) in [7, 11) is 0. The molecule has 0 bridgehead atoms. The molecule has 0 N–H and O–H groups in total. The van der Waals surface area contributed by atoms with Crippen LogP contribution in [0.1, 0.15) is 11.4 Å². The third kappa shape index (κ3) is 1.44. The molecule has 0 aliphatic carbocycles. The van der Waals surface area contributed by atoms with Gasteiger partial charge < -0.3 is 0 Å². The summed E-state index contributed by atoms with van der Waals surface area (Å²) in [4.78, 5) is 10.4. The van der Waals surface area contributed by atoms with Crippen molar-refractivity contribution in [3.05, 3.63) is 47.8 Å². The average molecular weight is 185 g/mol. The van der Waals surface area contributed by atoms with Gasteiger partial charge in [0.1, 0.15) is 5.69 Å². The zero-order valence-corrected chi connectivity index (χ0v) is 7.77. The fraction of sp³-hybridized carbons (Fsp3) is 0.0909. The molecule has 0 amide bonds. The molecule has 1 aromatic carbocycles. The second-order valence-corrected chi connectivity index (χ2v) is 3.02. The maximum Gasteiger partial charge on any atom is 0.255 e. The number of hydrogen-bond acceptors (Lipinski definition) is 2. The van der Waals surface area contributed by atoms with E-state index in [0.717, 1.165) is 11.4 Å². The van der Waals surface area contributed by atoms with Crippen molar-refractivity contribution in [1.29, 1.82) is 0 Å². The Morgan fingerprint density at radius 3 is 2.57 bits per heavy atom. The topological polar surface area (TPSA) is 34.9 Å². The first-order valence-corrected chi connectivity index (χ1v) is 4.31. The summed E-state index contributed by atoms with van der Waals surface area (Å²) in [6.45, 7) is 1.90. The minimum atomic E-state index is 0.339. The second kappa shape index (κ2) is 3.46. The van der Waals surface area contributed by atoms with Crippen LogP contribution in [0.5, 0.6) is 0 Å². The Labute approximate surface area is 82.0 Å². The molecule has 1 radical (unpaired) electrons. The van der Waals surface area contributed by atoms with Gasteiger partial charge in [-0.1, -0.05) is 18.2 Å². The summed E-state index contributed by atoms with van der Waals surface area (Å²) in [5.74, 6) is 0. The predicted molar refractivity (Wildman–Crippen MR) is 53.1 cm³/mol. The minimum Gasteiger partial charge on any atom is -0.283 e. The lowest BCUT2D eigenvalue weighted by Crippen LogP contribution is -1.98. The molecule has 0 atom stereocenters. The molecule has 0 aliphatic heterocycles. The van der Waals surface area contributed by atoms with Crippen molar-refractivity contribution in [2.45, 2.75) is 6.92 Å². The van der Waals surface area contributed by atoms with Gasteiger partial charge in [0.2, 0.25) is 0 Å². The molecule has 1 aromatic heterocycles. The Hall–Kier alpha value is -1.90. The highest BCUT2D eigenvalue weighted by atomic mass is 16.1. The van der Waals surface area contributed by atoms with Crippen molar-refractivity contribution in [2.24, 2.45) is 0 Å². The predicted octanol–water partition coefficient (Wildman–Crippen LogP) is 1.64. The van der Waals surface area contributed by atoms with E-state index in [1.54, 1.807) is 17.0 Å². The van der Waals surface area contributed by atoms with Crippen LogP contribution in [0.3, 0.4) is 0 Å². The van der Waals surface area contributed by atoms with E-state index in [0.29, 0.717) is 5.69 Å². The number of para-hydroxylation sites is 1. The Morgan fingerprint density at radius 1 is 1.29 bits per heavy atom. The van der Waals surface area contributed by atoms with Crippen LogP contribution in [0.15, 0.2) is 36.4 Å². The Morgan fingerprint density at radius 2 is 2.00 bits per heavy atom. The molecule has 2 rings (SSSR count).